The molecule has 19 heavy (non-hydrogen) atoms. The van der Waals surface area contributed by atoms with Crippen LogP contribution in [-0.4, -0.2) is 5.78 Å². The number of Topliss-reactive ketones (excluding diaryl/α,β-unsaturated/α-hetero) is 1. The lowest BCUT2D eigenvalue weighted by atomic mass is 10.0. The summed E-state index contributed by atoms with van der Waals surface area (Å²) in [5, 5.41) is 0.431. The number of benzene rings is 2. The third-order valence-electron chi connectivity index (χ3n) is 2.62. The highest BCUT2D eigenvalue weighted by Crippen LogP contribution is 2.39. The molecule has 0 amide bonds. The van der Waals surface area contributed by atoms with E-state index in [0.717, 1.165) is 0 Å². The lowest BCUT2D eigenvalue weighted by molar-refractivity contribution is 0.0972. The van der Waals surface area contributed by atoms with Crippen LogP contribution in [0.1, 0.15) is 15.9 Å². The van der Waals surface area contributed by atoms with Gasteiger partial charge in [-0.05, 0) is 17.7 Å². The Bertz CT molecular complexity index is 608. The van der Waals surface area contributed by atoms with Crippen LogP contribution in [0.5, 0.6) is 0 Å². The molecule has 5 heteroatoms. The zero-order valence-corrected chi connectivity index (χ0v) is 12.6. The minimum atomic E-state index is -1.70. The van der Waals surface area contributed by atoms with Crippen molar-refractivity contribution in [3.8, 4) is 0 Å². The van der Waals surface area contributed by atoms with Gasteiger partial charge in [0.25, 0.3) is 0 Å². The molecule has 2 aromatic rings. The second-order valence-corrected chi connectivity index (χ2v) is 5.98. The van der Waals surface area contributed by atoms with Crippen molar-refractivity contribution in [2.24, 2.45) is 0 Å². The van der Waals surface area contributed by atoms with Crippen LogP contribution in [0, 0.1) is 0 Å². The molecule has 0 radical (unpaired) electrons. The topological polar surface area (TPSA) is 17.1 Å². The van der Waals surface area contributed by atoms with E-state index in [-0.39, 0.29) is 15.6 Å². The summed E-state index contributed by atoms with van der Waals surface area (Å²) < 4.78 is -1.70. The highest BCUT2D eigenvalue weighted by Gasteiger charge is 2.37. The van der Waals surface area contributed by atoms with E-state index < -0.39 is 10.1 Å². The number of hydrogen-bond acceptors (Lipinski definition) is 1. The van der Waals surface area contributed by atoms with Crippen LogP contribution in [0.3, 0.4) is 0 Å². The van der Waals surface area contributed by atoms with Crippen LogP contribution in [0.2, 0.25) is 10.0 Å². The molecule has 0 bridgehead atoms. The molecular weight excluding hydrogens is 326 g/mol. The molecule has 0 atom stereocenters. The molecule has 0 heterocycles. The normalized spacial score (nSPS) is 11.4. The molecule has 98 valence electrons. The van der Waals surface area contributed by atoms with Gasteiger partial charge in [0.1, 0.15) is 0 Å². The number of hydrogen-bond donors (Lipinski definition) is 0. The average Bonchev–Trinajstić information content (AvgIpc) is 2.42. The van der Waals surface area contributed by atoms with Crippen LogP contribution in [-0.2, 0) is 4.33 Å². The molecule has 0 aromatic heterocycles. The highest BCUT2D eigenvalue weighted by atomic mass is 35.5. The van der Waals surface area contributed by atoms with Gasteiger partial charge in [0.2, 0.25) is 10.1 Å². The van der Waals surface area contributed by atoms with Gasteiger partial charge in [-0.1, -0.05) is 82.8 Å². The van der Waals surface area contributed by atoms with E-state index in [0.29, 0.717) is 5.56 Å². The maximum atomic E-state index is 12.4. The van der Waals surface area contributed by atoms with Crippen LogP contribution in [0.25, 0.3) is 0 Å². The Morgan fingerprint density at radius 3 is 2.16 bits per heavy atom. The second kappa shape index (κ2) is 5.72. The van der Waals surface area contributed by atoms with Crippen LogP contribution >= 0.6 is 46.4 Å². The number of ketones is 1. The second-order valence-electron chi connectivity index (χ2n) is 3.87. The zero-order chi connectivity index (χ0) is 14.0. The minimum Gasteiger partial charge on any atom is -0.290 e. The zero-order valence-electron chi connectivity index (χ0n) is 9.54. The van der Waals surface area contributed by atoms with Crippen molar-refractivity contribution in [1.29, 1.82) is 0 Å². The molecule has 0 unspecified atom stereocenters. The smallest absolute Gasteiger partial charge is 0.205 e. The summed E-state index contributed by atoms with van der Waals surface area (Å²) >= 11 is 24.3. The third-order valence-corrected chi connectivity index (χ3v) is 4.22. The summed E-state index contributed by atoms with van der Waals surface area (Å²) in [5.74, 6) is -0.505. The van der Waals surface area contributed by atoms with Gasteiger partial charge in [0, 0.05) is 5.56 Å². The standard InChI is InChI=1S/C14H8Cl4O/c15-11-8-4-7-10(12(11)16)13(19)14(17,18)9-5-2-1-3-6-9/h1-8H. The van der Waals surface area contributed by atoms with Crippen molar-refractivity contribution in [3.05, 3.63) is 69.7 Å². The van der Waals surface area contributed by atoms with Crippen molar-refractivity contribution in [3.63, 3.8) is 0 Å². The van der Waals surface area contributed by atoms with Crippen molar-refractivity contribution in [2.45, 2.75) is 4.33 Å². The van der Waals surface area contributed by atoms with E-state index in [9.17, 15) is 4.79 Å². The predicted octanol–water partition coefficient (Wildman–Crippen LogP) is 5.51. The van der Waals surface area contributed by atoms with Crippen LogP contribution in [0.4, 0.5) is 0 Å². The Morgan fingerprint density at radius 2 is 1.53 bits per heavy atom. The van der Waals surface area contributed by atoms with Gasteiger partial charge in [-0.3, -0.25) is 4.79 Å². The van der Waals surface area contributed by atoms with Crippen molar-refractivity contribution in [2.75, 3.05) is 0 Å². The SMILES string of the molecule is O=C(c1cccc(Cl)c1Cl)C(Cl)(Cl)c1ccccc1. The van der Waals surface area contributed by atoms with Gasteiger partial charge in [-0.2, -0.15) is 0 Å². The number of carbonyl (C=O) groups is 1. The van der Waals surface area contributed by atoms with Gasteiger partial charge in [-0.25, -0.2) is 0 Å². The first-order chi connectivity index (χ1) is 8.94. The number of alkyl halides is 2. The molecule has 2 aromatic carbocycles. The molecule has 0 aliphatic heterocycles. The molecule has 0 saturated heterocycles. The predicted molar refractivity (Wildman–Crippen MR) is 80.6 cm³/mol. The molecule has 0 saturated carbocycles. The highest BCUT2D eigenvalue weighted by molar-refractivity contribution is 6.60. The lowest BCUT2D eigenvalue weighted by Gasteiger charge is -2.19. The Hall–Kier alpha value is -0.730. The monoisotopic (exact) mass is 332 g/mol. The first-order valence-corrected chi connectivity index (χ1v) is 6.88. The van der Waals surface area contributed by atoms with E-state index in [1.165, 1.54) is 0 Å². The minimum absolute atomic E-state index is 0.149. The fraction of sp³-hybridized carbons (Fsp3) is 0.0714. The third kappa shape index (κ3) is 2.90. The lowest BCUT2D eigenvalue weighted by Crippen LogP contribution is -2.24. The van der Waals surface area contributed by atoms with Gasteiger partial charge in [0.05, 0.1) is 10.0 Å². The van der Waals surface area contributed by atoms with Gasteiger partial charge in [-0.15, -0.1) is 0 Å². The summed E-state index contributed by atoms with van der Waals surface area (Å²) in [5.41, 5.74) is 0.683. The van der Waals surface area contributed by atoms with Gasteiger partial charge >= 0.3 is 0 Å². The van der Waals surface area contributed by atoms with Gasteiger partial charge < -0.3 is 0 Å². The van der Waals surface area contributed by atoms with Crippen molar-refractivity contribution >= 4 is 52.2 Å². The summed E-state index contributed by atoms with van der Waals surface area (Å²) in [4.78, 5) is 12.4. The van der Waals surface area contributed by atoms with Crippen molar-refractivity contribution in [1.82, 2.24) is 0 Å². The number of halogens is 4. The maximum absolute atomic E-state index is 12.4. The van der Waals surface area contributed by atoms with E-state index >= 15 is 0 Å². The van der Waals surface area contributed by atoms with Crippen LogP contribution in [0.15, 0.2) is 48.5 Å². The van der Waals surface area contributed by atoms with Crippen molar-refractivity contribution < 1.29 is 4.79 Å². The first-order valence-electron chi connectivity index (χ1n) is 5.36. The Morgan fingerprint density at radius 1 is 0.895 bits per heavy atom. The fourth-order valence-corrected chi connectivity index (χ4v) is 2.47. The fourth-order valence-electron chi connectivity index (χ4n) is 1.63. The Kier molecular flexibility index (Phi) is 4.42. The summed E-state index contributed by atoms with van der Waals surface area (Å²) in [6.45, 7) is 0. The van der Waals surface area contributed by atoms with Gasteiger partial charge in [0.15, 0.2) is 0 Å². The van der Waals surface area contributed by atoms with E-state index in [2.05, 4.69) is 0 Å². The summed E-state index contributed by atoms with van der Waals surface area (Å²) in [6.07, 6.45) is 0. The largest absolute Gasteiger partial charge is 0.290 e. The molecule has 2 rings (SSSR count). The number of carbonyl (C=O) groups excluding carboxylic acids is 1. The maximum Gasteiger partial charge on any atom is 0.205 e. The molecule has 0 fully saturated rings. The number of rotatable bonds is 3. The summed E-state index contributed by atoms with van der Waals surface area (Å²) in [6, 6.07) is 13.4. The average molecular weight is 334 g/mol. The molecule has 0 aliphatic rings. The summed E-state index contributed by atoms with van der Waals surface area (Å²) in [7, 11) is 0. The first kappa shape index (κ1) is 14.7. The molecular formula is C14H8Cl4O. The molecule has 0 aliphatic carbocycles. The molecule has 1 nitrogen and oxygen atoms in total. The van der Waals surface area contributed by atoms with E-state index in [1.807, 2.05) is 6.07 Å². The van der Waals surface area contributed by atoms with E-state index in [1.54, 1.807) is 42.5 Å². The molecule has 0 spiro atoms. The van der Waals surface area contributed by atoms with E-state index in [4.69, 9.17) is 46.4 Å². The van der Waals surface area contributed by atoms with Crippen LogP contribution < -0.4 is 0 Å². The Balaban J connectivity index is 2.47. The molecule has 0 N–H and O–H groups in total. The quantitative estimate of drug-likeness (QED) is 0.535. The Labute approximate surface area is 131 Å².